The van der Waals surface area contributed by atoms with Crippen molar-refractivity contribution in [2.45, 2.75) is 25.9 Å². The Bertz CT molecular complexity index is 357. The average Bonchev–Trinajstić information content (AvgIpc) is 2.43. The van der Waals surface area contributed by atoms with Crippen molar-refractivity contribution in [3.8, 4) is 5.75 Å². The lowest BCUT2D eigenvalue weighted by Crippen LogP contribution is -2.41. The van der Waals surface area contributed by atoms with E-state index in [0.29, 0.717) is 19.6 Å². The van der Waals surface area contributed by atoms with Crippen molar-refractivity contribution < 1.29 is 14.6 Å². The van der Waals surface area contributed by atoms with Crippen LogP contribution in [0.3, 0.4) is 0 Å². The lowest BCUT2D eigenvalue weighted by atomic mass is 10.2. The molecule has 0 radical (unpaired) electrons. The number of aliphatic hydroxyl groups excluding tert-OH is 1. The van der Waals surface area contributed by atoms with Gasteiger partial charge in [0.25, 0.3) is 0 Å². The second-order valence-corrected chi connectivity index (χ2v) is 4.24. The molecule has 0 saturated heterocycles. The summed E-state index contributed by atoms with van der Waals surface area (Å²) in [5.41, 5.74) is 0. The zero-order valence-electron chi connectivity index (χ0n) is 11.3. The van der Waals surface area contributed by atoms with Gasteiger partial charge < -0.3 is 20.5 Å². The van der Waals surface area contributed by atoms with E-state index in [0.717, 1.165) is 12.2 Å². The third-order valence-electron chi connectivity index (χ3n) is 2.52. The molecule has 19 heavy (non-hydrogen) atoms. The minimum Gasteiger partial charge on any atom is -0.492 e. The van der Waals surface area contributed by atoms with Crippen LogP contribution in [0, 0.1) is 0 Å². The number of ether oxygens (including phenoxy) is 1. The maximum absolute atomic E-state index is 11.4. The van der Waals surface area contributed by atoms with E-state index in [1.165, 1.54) is 0 Å². The fourth-order valence-corrected chi connectivity index (χ4v) is 1.56. The molecule has 1 aromatic carbocycles. The van der Waals surface area contributed by atoms with Gasteiger partial charge in [-0.1, -0.05) is 31.5 Å². The highest BCUT2D eigenvalue weighted by molar-refractivity contribution is 5.73. The van der Waals surface area contributed by atoms with Crippen LogP contribution in [0.4, 0.5) is 4.79 Å². The van der Waals surface area contributed by atoms with Gasteiger partial charge in [0.1, 0.15) is 12.4 Å². The summed E-state index contributed by atoms with van der Waals surface area (Å²) in [4.78, 5) is 11.4. The summed E-state index contributed by atoms with van der Waals surface area (Å²) in [6.45, 7) is 3.10. The number of rotatable bonds is 8. The fourth-order valence-electron chi connectivity index (χ4n) is 1.56. The predicted octanol–water partition coefficient (Wildman–Crippen LogP) is 1.53. The van der Waals surface area contributed by atoms with Crippen LogP contribution in [0.25, 0.3) is 0 Å². The van der Waals surface area contributed by atoms with Gasteiger partial charge in [0.15, 0.2) is 0 Å². The second-order valence-electron chi connectivity index (χ2n) is 4.24. The minimum atomic E-state index is -0.476. The number of benzene rings is 1. The summed E-state index contributed by atoms with van der Waals surface area (Å²) in [7, 11) is 0. The van der Waals surface area contributed by atoms with E-state index in [-0.39, 0.29) is 12.6 Å². The molecule has 0 spiro atoms. The summed E-state index contributed by atoms with van der Waals surface area (Å²) in [5, 5.41) is 14.7. The van der Waals surface area contributed by atoms with Gasteiger partial charge in [-0.25, -0.2) is 4.79 Å². The average molecular weight is 266 g/mol. The number of carbonyl (C=O) groups is 1. The van der Waals surface area contributed by atoms with Crippen molar-refractivity contribution in [3.63, 3.8) is 0 Å². The standard InChI is InChI=1S/C14H22N2O3/c1-2-6-12(17)11-16-14(18)15-9-10-19-13-7-4-3-5-8-13/h3-5,7-8,12,17H,2,6,9-11H2,1H3,(H2,15,16,18). The number of amides is 2. The molecule has 0 saturated carbocycles. The van der Waals surface area contributed by atoms with Crippen LogP contribution in [0.1, 0.15) is 19.8 Å². The maximum atomic E-state index is 11.4. The van der Waals surface area contributed by atoms with E-state index in [2.05, 4.69) is 10.6 Å². The molecular weight excluding hydrogens is 244 g/mol. The Morgan fingerprint density at radius 3 is 2.74 bits per heavy atom. The van der Waals surface area contributed by atoms with Gasteiger partial charge in [0.05, 0.1) is 12.6 Å². The molecule has 1 atom stereocenters. The highest BCUT2D eigenvalue weighted by Gasteiger charge is 2.05. The molecule has 0 fully saturated rings. The van der Waals surface area contributed by atoms with Crippen LogP contribution in [-0.2, 0) is 0 Å². The number of para-hydroxylation sites is 1. The van der Waals surface area contributed by atoms with Gasteiger partial charge in [-0.3, -0.25) is 0 Å². The zero-order valence-corrected chi connectivity index (χ0v) is 11.3. The van der Waals surface area contributed by atoms with Crippen LogP contribution >= 0.6 is 0 Å². The van der Waals surface area contributed by atoms with Gasteiger partial charge in [0.2, 0.25) is 0 Å². The third kappa shape index (κ3) is 7.31. The molecule has 0 aliphatic carbocycles. The first kappa shape index (κ1) is 15.3. The van der Waals surface area contributed by atoms with Crippen LogP contribution < -0.4 is 15.4 Å². The minimum absolute atomic E-state index is 0.277. The molecule has 106 valence electrons. The van der Waals surface area contributed by atoms with E-state index in [9.17, 15) is 9.90 Å². The maximum Gasteiger partial charge on any atom is 0.315 e. The molecule has 0 aliphatic heterocycles. The molecule has 1 rings (SSSR count). The summed E-state index contributed by atoms with van der Waals surface area (Å²) in [5.74, 6) is 0.781. The van der Waals surface area contributed by atoms with Crippen molar-refractivity contribution in [3.05, 3.63) is 30.3 Å². The van der Waals surface area contributed by atoms with Gasteiger partial charge in [0, 0.05) is 6.54 Å². The summed E-state index contributed by atoms with van der Waals surface area (Å²) < 4.78 is 5.43. The van der Waals surface area contributed by atoms with E-state index < -0.39 is 6.10 Å². The Kier molecular flexibility index (Phi) is 7.43. The van der Waals surface area contributed by atoms with Crippen molar-refractivity contribution in [1.29, 1.82) is 0 Å². The second kappa shape index (κ2) is 9.22. The van der Waals surface area contributed by atoms with Gasteiger partial charge in [-0.05, 0) is 18.6 Å². The van der Waals surface area contributed by atoms with Crippen molar-refractivity contribution >= 4 is 6.03 Å². The number of urea groups is 1. The van der Waals surface area contributed by atoms with Gasteiger partial charge in [-0.2, -0.15) is 0 Å². The molecule has 0 aliphatic rings. The van der Waals surface area contributed by atoms with Crippen molar-refractivity contribution in [2.24, 2.45) is 0 Å². The number of aliphatic hydroxyl groups is 1. The van der Waals surface area contributed by atoms with E-state index >= 15 is 0 Å². The number of hydrogen-bond donors (Lipinski definition) is 3. The molecule has 0 bridgehead atoms. The van der Waals surface area contributed by atoms with E-state index in [4.69, 9.17) is 4.74 Å². The van der Waals surface area contributed by atoms with Crippen LogP contribution in [-0.4, -0.2) is 36.9 Å². The molecule has 0 aromatic heterocycles. The van der Waals surface area contributed by atoms with Crippen molar-refractivity contribution in [1.82, 2.24) is 10.6 Å². The van der Waals surface area contributed by atoms with Gasteiger partial charge in [-0.15, -0.1) is 0 Å². The first-order chi connectivity index (χ1) is 9.22. The summed E-state index contributed by atoms with van der Waals surface area (Å²) >= 11 is 0. The third-order valence-corrected chi connectivity index (χ3v) is 2.52. The largest absolute Gasteiger partial charge is 0.492 e. The Hall–Kier alpha value is -1.75. The number of hydrogen-bond acceptors (Lipinski definition) is 3. The van der Waals surface area contributed by atoms with Crippen LogP contribution in [0.5, 0.6) is 5.75 Å². The normalized spacial score (nSPS) is 11.7. The molecule has 1 aromatic rings. The highest BCUT2D eigenvalue weighted by atomic mass is 16.5. The van der Waals surface area contributed by atoms with Gasteiger partial charge >= 0.3 is 6.03 Å². The fraction of sp³-hybridized carbons (Fsp3) is 0.500. The number of nitrogens with one attached hydrogen (secondary N) is 2. The molecule has 3 N–H and O–H groups in total. The first-order valence-electron chi connectivity index (χ1n) is 6.60. The number of carbonyl (C=O) groups excluding carboxylic acids is 1. The summed E-state index contributed by atoms with van der Waals surface area (Å²) in [6.07, 6.45) is 1.11. The molecule has 1 unspecified atom stereocenters. The Labute approximate surface area is 114 Å². The molecular formula is C14H22N2O3. The van der Waals surface area contributed by atoms with Crippen LogP contribution in [0.15, 0.2) is 30.3 Å². The van der Waals surface area contributed by atoms with Crippen LogP contribution in [0.2, 0.25) is 0 Å². The molecule has 2 amide bonds. The lowest BCUT2D eigenvalue weighted by Gasteiger charge is -2.12. The van der Waals surface area contributed by atoms with Crippen molar-refractivity contribution in [2.75, 3.05) is 19.7 Å². The molecule has 0 heterocycles. The quantitative estimate of drug-likeness (QED) is 0.625. The zero-order chi connectivity index (χ0) is 13.9. The monoisotopic (exact) mass is 266 g/mol. The lowest BCUT2D eigenvalue weighted by molar-refractivity contribution is 0.160. The predicted molar refractivity (Wildman–Crippen MR) is 74.3 cm³/mol. The smallest absolute Gasteiger partial charge is 0.315 e. The molecule has 5 heteroatoms. The first-order valence-corrected chi connectivity index (χ1v) is 6.60. The van der Waals surface area contributed by atoms with E-state index in [1.807, 2.05) is 37.3 Å². The molecule has 5 nitrogen and oxygen atoms in total. The highest BCUT2D eigenvalue weighted by Crippen LogP contribution is 2.07. The van der Waals surface area contributed by atoms with E-state index in [1.54, 1.807) is 0 Å². The Morgan fingerprint density at radius 1 is 1.32 bits per heavy atom. The SMILES string of the molecule is CCCC(O)CNC(=O)NCCOc1ccccc1. The Morgan fingerprint density at radius 2 is 2.05 bits per heavy atom. The Balaban J connectivity index is 2.04. The topological polar surface area (TPSA) is 70.6 Å². The summed E-state index contributed by atoms with van der Waals surface area (Å²) in [6, 6.07) is 9.14.